The van der Waals surface area contributed by atoms with Crippen LogP contribution in [-0.2, 0) is 22.5 Å². The Morgan fingerprint density at radius 2 is 1.89 bits per heavy atom. The van der Waals surface area contributed by atoms with Gasteiger partial charge in [-0.15, -0.1) is 0 Å². The first kappa shape index (κ1) is 29.7. The molecule has 0 radical (unpaired) electrons. The second kappa shape index (κ2) is 13.5. The molecular formula is C33H31Cl2N7O2. The van der Waals surface area contributed by atoms with Gasteiger partial charge in [0.1, 0.15) is 18.6 Å². The predicted molar refractivity (Wildman–Crippen MR) is 171 cm³/mol. The van der Waals surface area contributed by atoms with Gasteiger partial charge in [-0.2, -0.15) is 10.4 Å². The molecule has 0 amide bonds. The number of ether oxygens (including phenoxy) is 1. The predicted octanol–water partition coefficient (Wildman–Crippen LogP) is 7.78. The number of aromatic nitrogens is 5. The van der Waals surface area contributed by atoms with Crippen molar-refractivity contribution in [3.63, 3.8) is 0 Å². The van der Waals surface area contributed by atoms with Crippen molar-refractivity contribution in [1.82, 2.24) is 24.3 Å². The van der Waals surface area contributed by atoms with Gasteiger partial charge in [0.05, 0.1) is 59.1 Å². The smallest absolute Gasteiger partial charge is 0.310 e. The summed E-state index contributed by atoms with van der Waals surface area (Å²) in [4.78, 5) is 21.9. The molecule has 1 fully saturated rings. The Kier molecular flexibility index (Phi) is 9.10. The van der Waals surface area contributed by atoms with Crippen LogP contribution in [0.3, 0.4) is 0 Å². The van der Waals surface area contributed by atoms with Crippen molar-refractivity contribution < 1.29 is 9.53 Å². The monoisotopic (exact) mass is 627 g/mol. The summed E-state index contributed by atoms with van der Waals surface area (Å²) in [6, 6.07) is 17.1. The first-order valence-electron chi connectivity index (χ1n) is 14.7. The lowest BCUT2D eigenvalue weighted by atomic mass is 9.96. The molecule has 3 aromatic heterocycles. The van der Waals surface area contributed by atoms with Crippen molar-refractivity contribution in [2.24, 2.45) is 5.92 Å². The van der Waals surface area contributed by atoms with E-state index in [1.807, 2.05) is 58.2 Å². The number of carbonyl (C=O) groups excluding carboxylic acids is 1. The van der Waals surface area contributed by atoms with E-state index in [9.17, 15) is 10.1 Å². The van der Waals surface area contributed by atoms with Crippen molar-refractivity contribution in [3.8, 4) is 17.3 Å². The van der Waals surface area contributed by atoms with Gasteiger partial charge >= 0.3 is 5.97 Å². The number of anilines is 2. The number of benzene rings is 2. The van der Waals surface area contributed by atoms with E-state index in [2.05, 4.69) is 26.5 Å². The highest BCUT2D eigenvalue weighted by Gasteiger charge is 2.27. The molecule has 9 nitrogen and oxygen atoms in total. The number of nitriles is 1. The number of rotatable bonds is 11. The first-order chi connectivity index (χ1) is 21.5. The molecule has 1 saturated carbocycles. The van der Waals surface area contributed by atoms with Crippen LogP contribution >= 0.6 is 23.2 Å². The van der Waals surface area contributed by atoms with E-state index in [0.29, 0.717) is 34.6 Å². The molecule has 2 aromatic carbocycles. The maximum absolute atomic E-state index is 12.8. The van der Waals surface area contributed by atoms with Crippen LogP contribution in [0.5, 0.6) is 0 Å². The SMILES string of the molecule is N#CC[C@H](C1CCCC1)n1cc(-c2ncnc3c2ccn3CCOC(=O)Cc2ccccc2Nc2c(Cl)cccc2Cl)cn1. The lowest BCUT2D eigenvalue weighted by Crippen LogP contribution is -2.17. The second-order valence-corrected chi connectivity index (χ2v) is 11.7. The maximum atomic E-state index is 12.8. The average Bonchev–Trinajstić information content (AvgIpc) is 3.81. The average molecular weight is 629 g/mol. The molecule has 224 valence electrons. The van der Waals surface area contributed by atoms with Crippen molar-refractivity contribution in [3.05, 3.63) is 89.1 Å². The van der Waals surface area contributed by atoms with Crippen LogP contribution in [-0.4, -0.2) is 36.9 Å². The number of esters is 1. The van der Waals surface area contributed by atoms with Crippen LogP contribution in [0.1, 0.15) is 43.7 Å². The highest BCUT2D eigenvalue weighted by atomic mass is 35.5. The standard InChI is InChI=1S/C33H31Cl2N7O2/c34-26-9-5-10-27(35)32(26)40-28-11-4-3-8-23(28)18-30(43)44-17-16-41-15-13-25-31(37-21-38-33(25)41)24-19-39-42(20-24)29(12-14-36)22-6-1-2-7-22/h3-5,8-11,13,15,19-22,29,40H,1-2,6-7,12,16-18H2/t29-/m1/s1. The van der Waals surface area contributed by atoms with Crippen LogP contribution in [0.25, 0.3) is 22.3 Å². The van der Waals surface area contributed by atoms with Gasteiger partial charge in [-0.1, -0.05) is 60.3 Å². The Morgan fingerprint density at radius 3 is 2.68 bits per heavy atom. The van der Waals surface area contributed by atoms with Gasteiger partial charge in [-0.05, 0) is 48.6 Å². The molecule has 0 saturated heterocycles. The van der Waals surface area contributed by atoms with Crippen LogP contribution in [0, 0.1) is 17.2 Å². The summed E-state index contributed by atoms with van der Waals surface area (Å²) in [5.74, 6) is 0.125. The van der Waals surface area contributed by atoms with E-state index in [4.69, 9.17) is 27.9 Å². The van der Waals surface area contributed by atoms with Gasteiger partial charge in [0.2, 0.25) is 0 Å². The minimum absolute atomic E-state index is 0.0737. The van der Waals surface area contributed by atoms with Gasteiger partial charge in [0, 0.05) is 29.0 Å². The Hall–Kier alpha value is -4.39. The number of hydrogen-bond donors (Lipinski definition) is 1. The fourth-order valence-electron chi connectivity index (χ4n) is 5.98. The minimum atomic E-state index is -0.349. The van der Waals surface area contributed by atoms with Crippen molar-refractivity contribution >= 4 is 51.6 Å². The van der Waals surface area contributed by atoms with Crippen molar-refractivity contribution in [1.29, 1.82) is 5.26 Å². The van der Waals surface area contributed by atoms with E-state index in [0.717, 1.165) is 46.4 Å². The van der Waals surface area contributed by atoms with Gasteiger partial charge in [0.15, 0.2) is 0 Å². The molecule has 0 aliphatic heterocycles. The third-order valence-corrected chi connectivity index (χ3v) is 8.81. The lowest BCUT2D eigenvalue weighted by molar-refractivity contribution is -0.143. The number of halogens is 2. The number of hydrogen-bond acceptors (Lipinski definition) is 7. The number of nitrogens with zero attached hydrogens (tertiary/aromatic N) is 6. The summed E-state index contributed by atoms with van der Waals surface area (Å²) in [5, 5.41) is 19.2. The van der Waals surface area contributed by atoms with Gasteiger partial charge in [-0.25, -0.2) is 9.97 Å². The Bertz CT molecular complexity index is 1800. The van der Waals surface area contributed by atoms with E-state index in [-0.39, 0.29) is 25.0 Å². The number of fused-ring (bicyclic) bond motifs is 1. The van der Waals surface area contributed by atoms with Crippen LogP contribution in [0.4, 0.5) is 11.4 Å². The van der Waals surface area contributed by atoms with Gasteiger partial charge in [-0.3, -0.25) is 9.48 Å². The fourth-order valence-corrected chi connectivity index (χ4v) is 6.47. The maximum Gasteiger partial charge on any atom is 0.310 e. The number of para-hydroxylation sites is 2. The zero-order chi connectivity index (χ0) is 30.5. The van der Waals surface area contributed by atoms with Crippen LogP contribution < -0.4 is 5.32 Å². The van der Waals surface area contributed by atoms with Crippen LogP contribution in [0.15, 0.2) is 73.4 Å². The molecule has 1 atom stereocenters. The van der Waals surface area contributed by atoms with Crippen LogP contribution in [0.2, 0.25) is 10.0 Å². The van der Waals surface area contributed by atoms with E-state index in [1.165, 1.54) is 19.2 Å². The van der Waals surface area contributed by atoms with Gasteiger partial charge < -0.3 is 14.6 Å². The van der Waals surface area contributed by atoms with E-state index in [1.54, 1.807) is 18.2 Å². The molecule has 3 heterocycles. The Labute approximate surface area is 265 Å². The highest BCUT2D eigenvalue weighted by Crippen LogP contribution is 2.37. The molecule has 11 heteroatoms. The van der Waals surface area contributed by atoms with Crippen molar-refractivity contribution in [2.45, 2.75) is 51.1 Å². The summed E-state index contributed by atoms with van der Waals surface area (Å²) in [6.07, 6.45) is 12.5. The largest absolute Gasteiger partial charge is 0.464 e. The summed E-state index contributed by atoms with van der Waals surface area (Å²) >= 11 is 12.7. The molecule has 0 unspecified atom stereocenters. The Balaban J connectivity index is 1.11. The minimum Gasteiger partial charge on any atom is -0.464 e. The third-order valence-electron chi connectivity index (χ3n) is 8.19. The highest BCUT2D eigenvalue weighted by molar-refractivity contribution is 6.39. The zero-order valence-electron chi connectivity index (χ0n) is 24.0. The molecule has 44 heavy (non-hydrogen) atoms. The third kappa shape index (κ3) is 6.42. The topological polar surface area (TPSA) is 111 Å². The Morgan fingerprint density at radius 1 is 1.09 bits per heavy atom. The molecule has 6 rings (SSSR count). The lowest BCUT2D eigenvalue weighted by Gasteiger charge is -2.21. The normalized spacial score (nSPS) is 14.0. The number of nitrogens with one attached hydrogen (secondary N) is 1. The zero-order valence-corrected chi connectivity index (χ0v) is 25.5. The number of carbonyl (C=O) groups is 1. The van der Waals surface area contributed by atoms with E-state index >= 15 is 0 Å². The first-order valence-corrected chi connectivity index (χ1v) is 15.4. The summed E-state index contributed by atoms with van der Waals surface area (Å²) < 4.78 is 9.50. The van der Waals surface area contributed by atoms with Gasteiger partial charge in [0.25, 0.3) is 0 Å². The van der Waals surface area contributed by atoms with Crippen molar-refractivity contribution in [2.75, 3.05) is 11.9 Å². The molecule has 5 aromatic rings. The summed E-state index contributed by atoms with van der Waals surface area (Å²) in [7, 11) is 0. The molecular weight excluding hydrogens is 597 g/mol. The van der Waals surface area contributed by atoms with E-state index < -0.39 is 0 Å². The molecule has 0 bridgehead atoms. The summed E-state index contributed by atoms with van der Waals surface area (Å²) in [6.45, 7) is 0.620. The quantitative estimate of drug-likeness (QED) is 0.149. The summed E-state index contributed by atoms with van der Waals surface area (Å²) in [5.41, 5.74) is 4.48. The molecule has 1 N–H and O–H groups in total. The molecule has 0 spiro atoms. The molecule has 1 aliphatic rings. The fraction of sp³-hybridized carbons (Fsp3) is 0.303. The molecule has 1 aliphatic carbocycles. The second-order valence-electron chi connectivity index (χ2n) is 10.9.